The number of rotatable bonds is 5. The SMILES string of the molecule is CC(C)CNC(=O)c1cnc(Nc2cccc(Cl)c2)cn1. The molecule has 0 spiro atoms. The number of nitrogens with one attached hydrogen (secondary N) is 2. The zero-order valence-electron chi connectivity index (χ0n) is 11.9. The lowest BCUT2D eigenvalue weighted by Gasteiger charge is -2.08. The second-order valence-electron chi connectivity index (χ2n) is 5.03. The molecule has 0 aliphatic rings. The number of anilines is 2. The van der Waals surface area contributed by atoms with Crippen molar-refractivity contribution < 1.29 is 4.79 Å². The highest BCUT2D eigenvalue weighted by molar-refractivity contribution is 6.30. The van der Waals surface area contributed by atoms with Gasteiger partial charge in [0.05, 0.1) is 12.4 Å². The van der Waals surface area contributed by atoms with Gasteiger partial charge in [0.25, 0.3) is 5.91 Å². The third-order valence-corrected chi connectivity index (χ3v) is 2.89. The van der Waals surface area contributed by atoms with Crippen LogP contribution in [0.15, 0.2) is 36.7 Å². The normalized spacial score (nSPS) is 10.5. The van der Waals surface area contributed by atoms with Crippen LogP contribution in [-0.4, -0.2) is 22.4 Å². The Labute approximate surface area is 128 Å². The molecule has 0 atom stereocenters. The number of carbonyl (C=O) groups excluding carboxylic acids is 1. The molecule has 0 radical (unpaired) electrons. The van der Waals surface area contributed by atoms with Crippen LogP contribution >= 0.6 is 11.6 Å². The molecular weight excluding hydrogens is 288 g/mol. The van der Waals surface area contributed by atoms with E-state index in [1.807, 2.05) is 26.0 Å². The molecule has 5 nitrogen and oxygen atoms in total. The Morgan fingerprint density at radius 3 is 2.71 bits per heavy atom. The molecule has 1 aromatic heterocycles. The molecule has 0 bridgehead atoms. The average molecular weight is 305 g/mol. The lowest BCUT2D eigenvalue weighted by Crippen LogP contribution is -2.28. The largest absolute Gasteiger partial charge is 0.350 e. The van der Waals surface area contributed by atoms with Crippen LogP contribution in [-0.2, 0) is 0 Å². The number of nitrogens with zero attached hydrogens (tertiary/aromatic N) is 2. The highest BCUT2D eigenvalue weighted by atomic mass is 35.5. The number of hydrogen-bond acceptors (Lipinski definition) is 4. The van der Waals surface area contributed by atoms with Crippen LogP contribution in [0.4, 0.5) is 11.5 Å². The first-order valence-electron chi connectivity index (χ1n) is 6.67. The zero-order chi connectivity index (χ0) is 15.2. The molecule has 0 fully saturated rings. The summed E-state index contributed by atoms with van der Waals surface area (Å²) in [7, 11) is 0. The van der Waals surface area contributed by atoms with Crippen LogP contribution in [0, 0.1) is 5.92 Å². The highest BCUT2D eigenvalue weighted by Crippen LogP contribution is 2.18. The molecule has 0 unspecified atom stereocenters. The summed E-state index contributed by atoms with van der Waals surface area (Å²) in [5, 5.41) is 6.50. The Kier molecular flexibility index (Phi) is 5.11. The van der Waals surface area contributed by atoms with E-state index in [4.69, 9.17) is 11.6 Å². The third kappa shape index (κ3) is 4.72. The average Bonchev–Trinajstić information content (AvgIpc) is 2.45. The van der Waals surface area contributed by atoms with Crippen molar-refractivity contribution in [1.29, 1.82) is 0 Å². The summed E-state index contributed by atoms with van der Waals surface area (Å²) in [6, 6.07) is 7.29. The molecule has 110 valence electrons. The van der Waals surface area contributed by atoms with Crippen LogP contribution < -0.4 is 10.6 Å². The van der Waals surface area contributed by atoms with E-state index in [9.17, 15) is 4.79 Å². The summed E-state index contributed by atoms with van der Waals surface area (Å²) in [5.41, 5.74) is 1.11. The van der Waals surface area contributed by atoms with Crippen molar-refractivity contribution >= 4 is 29.0 Å². The van der Waals surface area contributed by atoms with Gasteiger partial charge in [0, 0.05) is 17.3 Å². The summed E-state index contributed by atoms with van der Waals surface area (Å²) >= 11 is 5.91. The predicted octanol–water partition coefficient (Wildman–Crippen LogP) is 3.26. The standard InChI is InChI=1S/C15H17ClN4O/c1-10(2)7-19-15(21)13-8-18-14(9-17-13)20-12-5-3-4-11(16)6-12/h3-6,8-10H,7H2,1-2H3,(H,18,20)(H,19,21). The number of aromatic nitrogens is 2. The van der Waals surface area contributed by atoms with Gasteiger partial charge < -0.3 is 10.6 Å². The van der Waals surface area contributed by atoms with E-state index in [0.29, 0.717) is 29.0 Å². The van der Waals surface area contributed by atoms with Crippen LogP contribution in [0.2, 0.25) is 5.02 Å². The van der Waals surface area contributed by atoms with Crippen molar-refractivity contribution in [3.8, 4) is 0 Å². The molecule has 6 heteroatoms. The first-order valence-corrected chi connectivity index (χ1v) is 7.05. The van der Waals surface area contributed by atoms with Crippen LogP contribution in [0.5, 0.6) is 0 Å². The lowest BCUT2D eigenvalue weighted by atomic mass is 10.2. The van der Waals surface area contributed by atoms with E-state index in [0.717, 1.165) is 5.69 Å². The van der Waals surface area contributed by atoms with Crippen molar-refractivity contribution in [2.45, 2.75) is 13.8 Å². The maximum absolute atomic E-state index is 11.8. The summed E-state index contributed by atoms with van der Waals surface area (Å²) < 4.78 is 0. The van der Waals surface area contributed by atoms with Gasteiger partial charge in [0.15, 0.2) is 0 Å². The van der Waals surface area contributed by atoms with E-state index in [1.165, 1.54) is 12.4 Å². The molecule has 1 aromatic carbocycles. The summed E-state index contributed by atoms with van der Waals surface area (Å²) in [6.07, 6.45) is 2.97. The number of carbonyl (C=O) groups is 1. The number of halogens is 1. The second kappa shape index (κ2) is 7.04. The molecule has 2 rings (SSSR count). The molecular formula is C15H17ClN4O. The minimum absolute atomic E-state index is 0.217. The topological polar surface area (TPSA) is 66.9 Å². The van der Waals surface area contributed by atoms with Gasteiger partial charge in [-0.15, -0.1) is 0 Å². The molecule has 0 aliphatic heterocycles. The summed E-state index contributed by atoms with van der Waals surface area (Å²) in [5.74, 6) is 0.730. The van der Waals surface area contributed by atoms with Crippen LogP contribution in [0.3, 0.4) is 0 Å². The molecule has 1 amide bonds. The van der Waals surface area contributed by atoms with Crippen molar-refractivity contribution in [1.82, 2.24) is 15.3 Å². The molecule has 0 saturated heterocycles. The smallest absolute Gasteiger partial charge is 0.271 e. The van der Waals surface area contributed by atoms with E-state index in [1.54, 1.807) is 12.1 Å². The second-order valence-corrected chi connectivity index (χ2v) is 5.46. The Hall–Kier alpha value is -2.14. The Morgan fingerprint density at radius 2 is 2.10 bits per heavy atom. The van der Waals surface area contributed by atoms with Gasteiger partial charge in [-0.25, -0.2) is 9.97 Å². The van der Waals surface area contributed by atoms with Gasteiger partial charge in [0.2, 0.25) is 0 Å². The maximum Gasteiger partial charge on any atom is 0.271 e. The first kappa shape index (κ1) is 15.3. The number of amides is 1. The third-order valence-electron chi connectivity index (χ3n) is 2.65. The van der Waals surface area contributed by atoms with Gasteiger partial charge in [-0.1, -0.05) is 31.5 Å². The van der Waals surface area contributed by atoms with E-state index >= 15 is 0 Å². The van der Waals surface area contributed by atoms with Gasteiger partial charge in [0.1, 0.15) is 11.5 Å². The van der Waals surface area contributed by atoms with Crippen LogP contribution in [0.25, 0.3) is 0 Å². The Bertz CT molecular complexity index is 613. The minimum Gasteiger partial charge on any atom is -0.350 e. The fourth-order valence-corrected chi connectivity index (χ4v) is 1.80. The molecule has 0 aliphatic carbocycles. The molecule has 2 aromatic rings. The van der Waals surface area contributed by atoms with Gasteiger partial charge in [-0.3, -0.25) is 4.79 Å². The van der Waals surface area contributed by atoms with Gasteiger partial charge in [-0.2, -0.15) is 0 Å². The minimum atomic E-state index is -0.217. The Balaban J connectivity index is 2.00. The van der Waals surface area contributed by atoms with Crippen molar-refractivity contribution in [2.24, 2.45) is 5.92 Å². The first-order chi connectivity index (χ1) is 10.0. The molecule has 0 saturated carbocycles. The fraction of sp³-hybridized carbons (Fsp3) is 0.267. The number of benzene rings is 1. The maximum atomic E-state index is 11.8. The van der Waals surface area contributed by atoms with Gasteiger partial charge >= 0.3 is 0 Å². The van der Waals surface area contributed by atoms with Crippen molar-refractivity contribution in [3.05, 3.63) is 47.4 Å². The van der Waals surface area contributed by atoms with E-state index < -0.39 is 0 Å². The molecule has 1 heterocycles. The predicted molar refractivity (Wildman–Crippen MR) is 83.9 cm³/mol. The molecule has 21 heavy (non-hydrogen) atoms. The Morgan fingerprint density at radius 1 is 1.29 bits per heavy atom. The number of hydrogen-bond donors (Lipinski definition) is 2. The van der Waals surface area contributed by atoms with Crippen molar-refractivity contribution in [2.75, 3.05) is 11.9 Å². The van der Waals surface area contributed by atoms with Crippen molar-refractivity contribution in [3.63, 3.8) is 0 Å². The fourth-order valence-electron chi connectivity index (χ4n) is 1.61. The molecule has 2 N–H and O–H groups in total. The monoisotopic (exact) mass is 304 g/mol. The zero-order valence-corrected chi connectivity index (χ0v) is 12.7. The quantitative estimate of drug-likeness (QED) is 0.890. The van der Waals surface area contributed by atoms with E-state index in [-0.39, 0.29) is 5.91 Å². The van der Waals surface area contributed by atoms with Gasteiger partial charge in [-0.05, 0) is 24.1 Å². The van der Waals surface area contributed by atoms with Crippen LogP contribution in [0.1, 0.15) is 24.3 Å². The summed E-state index contributed by atoms with van der Waals surface area (Å²) in [6.45, 7) is 4.68. The summed E-state index contributed by atoms with van der Waals surface area (Å²) in [4.78, 5) is 20.1. The lowest BCUT2D eigenvalue weighted by molar-refractivity contribution is 0.0943. The highest BCUT2D eigenvalue weighted by Gasteiger charge is 2.08. The van der Waals surface area contributed by atoms with E-state index in [2.05, 4.69) is 20.6 Å².